The molecule has 0 unspecified atom stereocenters. The minimum Gasteiger partial charge on any atom is -0.505 e. The van der Waals surface area contributed by atoms with Gasteiger partial charge in [-0.3, -0.25) is 0 Å². The minimum atomic E-state index is -0.120. The molecule has 71 valence electrons. The van der Waals surface area contributed by atoms with E-state index in [9.17, 15) is 4.79 Å². The van der Waals surface area contributed by atoms with Crippen molar-refractivity contribution >= 4 is 5.91 Å². The summed E-state index contributed by atoms with van der Waals surface area (Å²) in [4.78, 5) is 12.9. The number of amides is 1. The third kappa shape index (κ3) is 3.35. The third-order valence-electron chi connectivity index (χ3n) is 1.68. The number of carbonyl (C=O) groups is 1. The Morgan fingerprint density at radius 2 is 2.00 bits per heavy atom. The average molecular weight is 262 g/mol. The molecule has 1 radical (unpaired) electrons. The molecule has 1 amide bonds. The Bertz CT molecular complexity index is 297. The Hall–Kier alpha value is -0.466. The van der Waals surface area contributed by atoms with Crippen molar-refractivity contribution in [2.75, 3.05) is 6.54 Å². The zero-order chi connectivity index (χ0) is 9.68. The van der Waals surface area contributed by atoms with Gasteiger partial charge in [-0.2, -0.15) is 12.8 Å². The molecule has 0 aliphatic carbocycles. The van der Waals surface area contributed by atoms with Crippen molar-refractivity contribution in [2.45, 2.75) is 0 Å². The number of hydrogen-bond donors (Lipinski definition) is 0. The Kier molecular flexibility index (Phi) is 6.68. The molecule has 1 aromatic carbocycles. The summed E-state index contributed by atoms with van der Waals surface area (Å²) < 4.78 is 0. The standard InChI is InChI=1S/C11H11NO.Y/c1-3-12(4-2)11(13)10-8-6-5-7-9-10;/h5-9H,1-3H2;/q-2;. The summed E-state index contributed by atoms with van der Waals surface area (Å²) in [5.74, 6) is -0.120. The smallest absolute Gasteiger partial charge is 0.0981 e. The molecule has 0 N–H and O–H groups in total. The topological polar surface area (TPSA) is 20.3 Å². The first kappa shape index (κ1) is 13.5. The predicted molar refractivity (Wildman–Crippen MR) is 51.7 cm³/mol. The molecular formula is C11H11NOY-2. The summed E-state index contributed by atoms with van der Waals surface area (Å²) in [6.07, 6.45) is 2.52. The molecule has 2 nitrogen and oxygen atoms in total. The van der Waals surface area contributed by atoms with Crippen molar-refractivity contribution in [3.63, 3.8) is 0 Å². The van der Waals surface area contributed by atoms with Crippen LogP contribution in [0.25, 0.3) is 0 Å². The fourth-order valence-corrected chi connectivity index (χ4v) is 0.989. The molecule has 0 aliphatic heterocycles. The second-order valence-corrected chi connectivity index (χ2v) is 2.48. The number of benzene rings is 1. The Balaban J connectivity index is 0.00000169. The van der Waals surface area contributed by atoms with Gasteiger partial charge in [0.15, 0.2) is 0 Å². The van der Waals surface area contributed by atoms with E-state index < -0.39 is 0 Å². The van der Waals surface area contributed by atoms with Crippen molar-refractivity contribution in [3.05, 3.63) is 55.6 Å². The summed E-state index contributed by atoms with van der Waals surface area (Å²) in [6, 6.07) is 9.00. The third-order valence-corrected chi connectivity index (χ3v) is 1.68. The number of hydrogen-bond acceptors (Lipinski definition) is 1. The van der Waals surface area contributed by atoms with Crippen molar-refractivity contribution in [1.29, 1.82) is 0 Å². The largest absolute Gasteiger partial charge is 0.505 e. The molecule has 1 rings (SSSR count). The molecule has 0 aromatic heterocycles. The Labute approximate surface area is 110 Å². The van der Waals surface area contributed by atoms with Crippen LogP contribution in [0.1, 0.15) is 10.4 Å². The number of nitrogens with zero attached hydrogens (tertiary/aromatic N) is 1. The molecule has 0 atom stereocenters. The van der Waals surface area contributed by atoms with Crippen LogP contribution in [0.5, 0.6) is 0 Å². The van der Waals surface area contributed by atoms with Crippen molar-refractivity contribution in [3.8, 4) is 0 Å². The maximum atomic E-state index is 11.6. The molecule has 0 fully saturated rings. The maximum absolute atomic E-state index is 11.6. The minimum absolute atomic E-state index is 0. The van der Waals surface area contributed by atoms with Gasteiger partial charge in [-0.1, -0.05) is 30.3 Å². The second-order valence-electron chi connectivity index (χ2n) is 2.48. The molecule has 0 heterocycles. The summed E-state index contributed by atoms with van der Waals surface area (Å²) in [7, 11) is 0. The van der Waals surface area contributed by atoms with Crippen LogP contribution in [0, 0.1) is 13.1 Å². The molecular weight excluding hydrogens is 251 g/mol. The molecule has 0 saturated heterocycles. The normalized spacial score (nSPS) is 8.64. The molecule has 0 aliphatic rings. The SMILES string of the molecule is C=[C-]N(C[CH2-])C(=O)c1ccccc1.[Y]. The van der Waals surface area contributed by atoms with Gasteiger partial charge in [-0.25, -0.2) is 0 Å². The van der Waals surface area contributed by atoms with E-state index in [1.54, 1.807) is 12.1 Å². The molecule has 0 bridgehead atoms. The van der Waals surface area contributed by atoms with E-state index in [4.69, 9.17) is 0 Å². The van der Waals surface area contributed by atoms with Crippen LogP contribution in [-0.4, -0.2) is 17.4 Å². The van der Waals surface area contributed by atoms with Gasteiger partial charge in [0.2, 0.25) is 0 Å². The molecule has 0 spiro atoms. The second kappa shape index (κ2) is 6.91. The van der Waals surface area contributed by atoms with Crippen LogP contribution < -0.4 is 0 Å². The van der Waals surface area contributed by atoms with Gasteiger partial charge >= 0.3 is 0 Å². The van der Waals surface area contributed by atoms with Gasteiger partial charge < -0.3 is 16.6 Å². The first-order valence-electron chi connectivity index (χ1n) is 3.98. The van der Waals surface area contributed by atoms with Crippen molar-refractivity contribution in [1.82, 2.24) is 4.90 Å². The molecule has 14 heavy (non-hydrogen) atoms. The summed E-state index contributed by atoms with van der Waals surface area (Å²) in [6.45, 7) is 7.37. The van der Waals surface area contributed by atoms with E-state index in [-0.39, 0.29) is 38.6 Å². The van der Waals surface area contributed by atoms with Crippen LogP contribution in [-0.2, 0) is 32.7 Å². The van der Waals surface area contributed by atoms with E-state index in [0.29, 0.717) is 12.1 Å². The van der Waals surface area contributed by atoms with E-state index in [2.05, 4.69) is 19.7 Å². The summed E-state index contributed by atoms with van der Waals surface area (Å²) in [5.41, 5.74) is 0.627. The zero-order valence-electron chi connectivity index (χ0n) is 7.94. The van der Waals surface area contributed by atoms with Gasteiger partial charge in [0.25, 0.3) is 0 Å². The Morgan fingerprint density at radius 3 is 2.43 bits per heavy atom. The first-order chi connectivity index (χ1) is 6.29. The Morgan fingerprint density at radius 1 is 1.43 bits per heavy atom. The zero-order valence-corrected chi connectivity index (χ0v) is 10.8. The van der Waals surface area contributed by atoms with E-state index in [1.165, 1.54) is 4.90 Å². The van der Waals surface area contributed by atoms with E-state index >= 15 is 0 Å². The summed E-state index contributed by atoms with van der Waals surface area (Å²) >= 11 is 0. The first-order valence-corrected chi connectivity index (χ1v) is 3.98. The number of rotatable bonds is 3. The fourth-order valence-electron chi connectivity index (χ4n) is 0.989. The maximum Gasteiger partial charge on any atom is 0.0981 e. The van der Waals surface area contributed by atoms with Crippen LogP contribution in [0.15, 0.2) is 36.9 Å². The predicted octanol–water partition coefficient (Wildman–Crippen LogP) is 1.91. The van der Waals surface area contributed by atoms with Gasteiger partial charge in [-0.15, -0.1) is 6.54 Å². The monoisotopic (exact) mass is 262 g/mol. The van der Waals surface area contributed by atoms with Gasteiger partial charge in [0, 0.05) is 32.7 Å². The van der Waals surface area contributed by atoms with Crippen LogP contribution >= 0.6 is 0 Å². The fraction of sp³-hybridized carbons (Fsp3) is 0.0909. The van der Waals surface area contributed by atoms with Gasteiger partial charge in [0.05, 0.1) is 5.91 Å². The van der Waals surface area contributed by atoms with Crippen LogP contribution in [0.3, 0.4) is 0 Å². The molecule has 0 saturated carbocycles. The van der Waals surface area contributed by atoms with Crippen molar-refractivity contribution < 1.29 is 37.5 Å². The van der Waals surface area contributed by atoms with E-state index in [1.807, 2.05) is 18.2 Å². The van der Waals surface area contributed by atoms with Gasteiger partial charge in [-0.05, 0) is 5.56 Å². The molecule has 1 aromatic rings. The van der Waals surface area contributed by atoms with Crippen molar-refractivity contribution in [2.24, 2.45) is 0 Å². The molecule has 3 heteroatoms. The quantitative estimate of drug-likeness (QED) is 0.602. The van der Waals surface area contributed by atoms with Crippen LogP contribution in [0.4, 0.5) is 0 Å². The average Bonchev–Trinajstić information content (AvgIpc) is 2.21. The van der Waals surface area contributed by atoms with E-state index in [0.717, 1.165) is 0 Å². The number of carbonyl (C=O) groups excluding carboxylic acids is 1. The van der Waals surface area contributed by atoms with Gasteiger partial charge in [0.1, 0.15) is 0 Å². The van der Waals surface area contributed by atoms with Crippen LogP contribution in [0.2, 0.25) is 0 Å². The summed E-state index contributed by atoms with van der Waals surface area (Å²) in [5, 5.41) is 0.